The maximum atomic E-state index is 3.84. The molecule has 0 saturated heterocycles. The summed E-state index contributed by atoms with van der Waals surface area (Å²) in [5.41, 5.74) is 1.22. The number of hydrogen-bond donors (Lipinski definition) is 1. The minimum Gasteiger partial charge on any atom is -0.313 e. The van der Waals surface area contributed by atoms with Crippen molar-refractivity contribution in [3.8, 4) is 0 Å². The fraction of sp³-hybridized carbons (Fsp3) is 0.818. The van der Waals surface area contributed by atoms with Gasteiger partial charge in [0.25, 0.3) is 0 Å². The van der Waals surface area contributed by atoms with Crippen LogP contribution in [-0.2, 0) is 0 Å². The second kappa shape index (κ2) is 7.35. The summed E-state index contributed by atoms with van der Waals surface area (Å²) >= 11 is 0. The van der Waals surface area contributed by atoms with E-state index in [1.807, 2.05) is 0 Å². The van der Waals surface area contributed by atoms with E-state index in [1.165, 1.54) is 24.8 Å². The molecule has 0 spiro atoms. The van der Waals surface area contributed by atoms with E-state index in [0.29, 0.717) is 0 Å². The maximum absolute atomic E-state index is 3.84. The van der Waals surface area contributed by atoms with Gasteiger partial charge in [-0.25, -0.2) is 0 Å². The lowest BCUT2D eigenvalue weighted by molar-refractivity contribution is 0.526. The molecule has 0 radical (unpaired) electrons. The zero-order valence-corrected chi connectivity index (χ0v) is 8.82. The minimum absolute atomic E-state index is 0.853. The van der Waals surface area contributed by atoms with Crippen LogP contribution in [0.1, 0.15) is 40.0 Å². The molecular weight excluding hydrogens is 146 g/mol. The van der Waals surface area contributed by atoms with Crippen molar-refractivity contribution in [2.24, 2.45) is 5.92 Å². The van der Waals surface area contributed by atoms with E-state index in [1.54, 1.807) is 0 Å². The van der Waals surface area contributed by atoms with Crippen molar-refractivity contribution in [1.29, 1.82) is 0 Å². The highest BCUT2D eigenvalue weighted by Crippen LogP contribution is 2.04. The molecule has 1 N–H and O–H groups in total. The Morgan fingerprint density at radius 1 is 1.33 bits per heavy atom. The van der Waals surface area contributed by atoms with Crippen LogP contribution in [0.3, 0.4) is 0 Å². The molecule has 1 heteroatoms. The zero-order chi connectivity index (χ0) is 9.40. The summed E-state index contributed by atoms with van der Waals surface area (Å²) < 4.78 is 0. The summed E-state index contributed by atoms with van der Waals surface area (Å²) in [7, 11) is 0. The number of hydrogen-bond acceptors (Lipinski definition) is 1. The molecule has 0 atom stereocenters. The predicted octanol–water partition coefficient (Wildman–Crippen LogP) is 2.98. The normalized spacial score (nSPS) is 10.7. The first-order chi connectivity index (χ1) is 5.63. The molecule has 0 unspecified atom stereocenters. The van der Waals surface area contributed by atoms with Crippen LogP contribution in [-0.4, -0.2) is 13.1 Å². The third kappa shape index (κ3) is 9.70. The molecule has 0 aromatic carbocycles. The topological polar surface area (TPSA) is 12.0 Å². The second-order valence-corrected chi connectivity index (χ2v) is 4.02. The van der Waals surface area contributed by atoms with Crippen molar-refractivity contribution in [3.63, 3.8) is 0 Å². The van der Waals surface area contributed by atoms with Crippen molar-refractivity contribution in [2.75, 3.05) is 13.1 Å². The van der Waals surface area contributed by atoms with E-state index in [2.05, 4.69) is 32.7 Å². The first-order valence-corrected chi connectivity index (χ1v) is 4.98. The summed E-state index contributed by atoms with van der Waals surface area (Å²) in [5, 5.41) is 3.36. The molecule has 0 aliphatic carbocycles. The quantitative estimate of drug-likeness (QED) is 0.456. The van der Waals surface area contributed by atoms with Crippen LogP contribution in [0.25, 0.3) is 0 Å². The van der Waals surface area contributed by atoms with Crippen LogP contribution >= 0.6 is 0 Å². The van der Waals surface area contributed by atoms with Crippen molar-refractivity contribution in [1.82, 2.24) is 5.32 Å². The van der Waals surface area contributed by atoms with Gasteiger partial charge in [-0.2, -0.15) is 0 Å². The summed E-state index contributed by atoms with van der Waals surface area (Å²) in [5.74, 6) is 0.853. The lowest BCUT2D eigenvalue weighted by Gasteiger charge is -2.05. The van der Waals surface area contributed by atoms with E-state index >= 15 is 0 Å². The van der Waals surface area contributed by atoms with Gasteiger partial charge in [0.1, 0.15) is 0 Å². The van der Waals surface area contributed by atoms with Gasteiger partial charge < -0.3 is 5.32 Å². The summed E-state index contributed by atoms with van der Waals surface area (Å²) in [4.78, 5) is 0. The molecule has 72 valence electrons. The SMILES string of the molecule is C=C(C)CNCCCCC(C)C. The van der Waals surface area contributed by atoms with Crippen LogP contribution < -0.4 is 5.32 Å². The van der Waals surface area contributed by atoms with Gasteiger partial charge in [-0.05, 0) is 25.8 Å². The molecule has 0 aromatic heterocycles. The van der Waals surface area contributed by atoms with E-state index < -0.39 is 0 Å². The first-order valence-electron chi connectivity index (χ1n) is 4.98. The van der Waals surface area contributed by atoms with E-state index in [-0.39, 0.29) is 0 Å². The van der Waals surface area contributed by atoms with Gasteiger partial charge in [0, 0.05) is 6.54 Å². The Labute approximate surface area is 77.2 Å². The van der Waals surface area contributed by atoms with Gasteiger partial charge in [0.2, 0.25) is 0 Å². The molecule has 0 aliphatic heterocycles. The largest absolute Gasteiger partial charge is 0.313 e. The average Bonchev–Trinajstić information content (AvgIpc) is 1.95. The number of rotatable bonds is 7. The molecule has 0 aromatic rings. The molecule has 1 nitrogen and oxygen atoms in total. The average molecular weight is 169 g/mol. The lowest BCUT2D eigenvalue weighted by atomic mass is 10.1. The van der Waals surface area contributed by atoms with Gasteiger partial charge in [0.15, 0.2) is 0 Å². The van der Waals surface area contributed by atoms with Crippen LogP contribution in [0, 0.1) is 5.92 Å². The van der Waals surface area contributed by atoms with Gasteiger partial charge in [-0.1, -0.05) is 38.8 Å². The summed E-state index contributed by atoms with van der Waals surface area (Å²) in [6.45, 7) is 12.6. The maximum Gasteiger partial charge on any atom is 0.0159 e. The highest BCUT2D eigenvalue weighted by atomic mass is 14.8. The Bertz CT molecular complexity index is 116. The molecular formula is C11H23N. The molecule has 0 bridgehead atoms. The smallest absolute Gasteiger partial charge is 0.0159 e. The molecule has 0 fully saturated rings. The van der Waals surface area contributed by atoms with Crippen molar-refractivity contribution < 1.29 is 0 Å². The fourth-order valence-electron chi connectivity index (χ4n) is 1.10. The first kappa shape index (κ1) is 11.7. The Morgan fingerprint density at radius 3 is 2.50 bits per heavy atom. The Balaban J connectivity index is 2.96. The van der Waals surface area contributed by atoms with Gasteiger partial charge >= 0.3 is 0 Å². The lowest BCUT2D eigenvalue weighted by Crippen LogP contribution is -2.17. The van der Waals surface area contributed by atoms with Gasteiger partial charge in [0.05, 0.1) is 0 Å². The zero-order valence-electron chi connectivity index (χ0n) is 8.82. The third-order valence-electron chi connectivity index (χ3n) is 1.81. The van der Waals surface area contributed by atoms with Gasteiger partial charge in [-0.15, -0.1) is 0 Å². The Kier molecular flexibility index (Phi) is 7.17. The van der Waals surface area contributed by atoms with Gasteiger partial charge in [-0.3, -0.25) is 0 Å². The molecule has 0 aliphatic rings. The van der Waals surface area contributed by atoms with Crippen LogP contribution in [0.2, 0.25) is 0 Å². The summed E-state index contributed by atoms with van der Waals surface area (Å²) in [6.07, 6.45) is 4.00. The highest BCUT2D eigenvalue weighted by Gasteiger charge is 1.93. The molecule has 12 heavy (non-hydrogen) atoms. The standard InChI is InChI=1S/C11H23N/c1-10(2)7-5-6-8-12-9-11(3)4/h10,12H,3,5-9H2,1-2,4H3. The van der Waals surface area contributed by atoms with Crippen molar-refractivity contribution in [3.05, 3.63) is 12.2 Å². The Morgan fingerprint density at radius 2 is 2.00 bits per heavy atom. The van der Waals surface area contributed by atoms with Crippen molar-refractivity contribution >= 4 is 0 Å². The fourth-order valence-corrected chi connectivity index (χ4v) is 1.10. The molecule has 0 saturated carbocycles. The second-order valence-electron chi connectivity index (χ2n) is 4.02. The number of nitrogens with one attached hydrogen (secondary N) is 1. The van der Waals surface area contributed by atoms with E-state index in [0.717, 1.165) is 19.0 Å². The van der Waals surface area contributed by atoms with Crippen LogP contribution in [0.15, 0.2) is 12.2 Å². The highest BCUT2D eigenvalue weighted by molar-refractivity contribution is 4.90. The summed E-state index contributed by atoms with van der Waals surface area (Å²) in [6, 6.07) is 0. The monoisotopic (exact) mass is 169 g/mol. The van der Waals surface area contributed by atoms with Crippen molar-refractivity contribution in [2.45, 2.75) is 40.0 Å². The molecule has 0 rings (SSSR count). The van der Waals surface area contributed by atoms with E-state index in [9.17, 15) is 0 Å². The van der Waals surface area contributed by atoms with Crippen LogP contribution in [0.5, 0.6) is 0 Å². The van der Waals surface area contributed by atoms with Crippen LogP contribution in [0.4, 0.5) is 0 Å². The third-order valence-corrected chi connectivity index (χ3v) is 1.81. The number of unbranched alkanes of at least 4 members (excludes halogenated alkanes) is 1. The molecule has 0 heterocycles. The van der Waals surface area contributed by atoms with E-state index in [4.69, 9.17) is 0 Å². The molecule has 0 amide bonds. The minimum atomic E-state index is 0.853. The Hall–Kier alpha value is -0.300. The predicted molar refractivity (Wildman–Crippen MR) is 56.4 cm³/mol.